The lowest BCUT2D eigenvalue weighted by atomic mass is 10.1. The fraction of sp³-hybridized carbons (Fsp3) is 0.583. The SMILES string of the molecule is C[C@H](N)c1ccc(N2CCCOCC2)nc1. The Labute approximate surface area is 96.4 Å². The first-order valence-electron chi connectivity index (χ1n) is 5.81. The topological polar surface area (TPSA) is 51.4 Å². The molecular formula is C12H19N3O. The van der Waals surface area contributed by atoms with Crippen molar-refractivity contribution in [3.8, 4) is 0 Å². The molecule has 1 atom stereocenters. The van der Waals surface area contributed by atoms with Gasteiger partial charge < -0.3 is 15.4 Å². The van der Waals surface area contributed by atoms with Crippen LogP contribution in [0.1, 0.15) is 24.9 Å². The lowest BCUT2D eigenvalue weighted by molar-refractivity contribution is 0.152. The Hall–Kier alpha value is -1.13. The van der Waals surface area contributed by atoms with E-state index in [1.165, 1.54) is 0 Å². The number of anilines is 1. The molecule has 0 bridgehead atoms. The van der Waals surface area contributed by atoms with Crippen LogP contribution in [-0.2, 0) is 4.74 Å². The third-order valence-electron chi connectivity index (χ3n) is 2.84. The van der Waals surface area contributed by atoms with Crippen molar-refractivity contribution < 1.29 is 4.74 Å². The van der Waals surface area contributed by atoms with Gasteiger partial charge in [-0.3, -0.25) is 0 Å². The van der Waals surface area contributed by atoms with E-state index in [4.69, 9.17) is 10.5 Å². The minimum atomic E-state index is 0.0500. The molecule has 4 nitrogen and oxygen atoms in total. The Morgan fingerprint density at radius 3 is 2.94 bits per heavy atom. The third-order valence-corrected chi connectivity index (χ3v) is 2.84. The fourth-order valence-corrected chi connectivity index (χ4v) is 1.83. The van der Waals surface area contributed by atoms with Gasteiger partial charge in [0.25, 0.3) is 0 Å². The molecule has 0 amide bonds. The number of hydrogen-bond acceptors (Lipinski definition) is 4. The largest absolute Gasteiger partial charge is 0.380 e. The van der Waals surface area contributed by atoms with E-state index in [0.29, 0.717) is 0 Å². The van der Waals surface area contributed by atoms with Crippen molar-refractivity contribution in [2.75, 3.05) is 31.2 Å². The molecule has 0 radical (unpaired) electrons. The Balaban J connectivity index is 2.07. The predicted octanol–water partition coefficient (Wildman–Crippen LogP) is 1.33. The summed E-state index contributed by atoms with van der Waals surface area (Å²) in [7, 11) is 0. The lowest BCUT2D eigenvalue weighted by Gasteiger charge is -2.20. The monoisotopic (exact) mass is 221 g/mol. The number of ether oxygens (including phenoxy) is 1. The zero-order valence-electron chi connectivity index (χ0n) is 9.72. The highest BCUT2D eigenvalue weighted by Gasteiger charge is 2.11. The number of pyridine rings is 1. The number of nitrogens with zero attached hydrogens (tertiary/aromatic N) is 2. The smallest absolute Gasteiger partial charge is 0.128 e. The molecule has 1 saturated heterocycles. The second-order valence-electron chi connectivity index (χ2n) is 4.19. The summed E-state index contributed by atoms with van der Waals surface area (Å²) in [5.74, 6) is 1.02. The van der Waals surface area contributed by atoms with Gasteiger partial charge in [0, 0.05) is 31.9 Å². The van der Waals surface area contributed by atoms with Crippen LogP contribution in [0.5, 0.6) is 0 Å². The van der Waals surface area contributed by atoms with E-state index in [-0.39, 0.29) is 6.04 Å². The molecule has 1 aromatic rings. The average Bonchev–Trinajstić information content (AvgIpc) is 2.57. The van der Waals surface area contributed by atoms with Crippen molar-refractivity contribution >= 4 is 5.82 Å². The van der Waals surface area contributed by atoms with Gasteiger partial charge >= 0.3 is 0 Å². The van der Waals surface area contributed by atoms with E-state index >= 15 is 0 Å². The molecule has 1 aromatic heterocycles. The maximum absolute atomic E-state index is 5.79. The van der Waals surface area contributed by atoms with Gasteiger partial charge in [-0.1, -0.05) is 6.07 Å². The Kier molecular flexibility index (Phi) is 3.74. The predicted molar refractivity (Wildman–Crippen MR) is 64.5 cm³/mol. The van der Waals surface area contributed by atoms with Crippen molar-refractivity contribution in [2.24, 2.45) is 5.73 Å². The Morgan fingerprint density at radius 2 is 2.25 bits per heavy atom. The van der Waals surface area contributed by atoms with Gasteiger partial charge in [-0.25, -0.2) is 4.98 Å². The van der Waals surface area contributed by atoms with Crippen LogP contribution >= 0.6 is 0 Å². The number of hydrogen-bond donors (Lipinski definition) is 1. The van der Waals surface area contributed by atoms with Crippen molar-refractivity contribution in [3.05, 3.63) is 23.9 Å². The van der Waals surface area contributed by atoms with Gasteiger partial charge in [-0.05, 0) is 25.0 Å². The van der Waals surface area contributed by atoms with Crippen molar-refractivity contribution in [2.45, 2.75) is 19.4 Å². The number of aromatic nitrogens is 1. The maximum Gasteiger partial charge on any atom is 0.128 e. The summed E-state index contributed by atoms with van der Waals surface area (Å²) in [6, 6.07) is 4.15. The molecule has 0 aromatic carbocycles. The van der Waals surface area contributed by atoms with Gasteiger partial charge in [0.1, 0.15) is 5.82 Å². The first kappa shape index (κ1) is 11.4. The van der Waals surface area contributed by atoms with E-state index in [1.54, 1.807) is 0 Å². The zero-order chi connectivity index (χ0) is 11.4. The normalized spacial score (nSPS) is 19.2. The number of nitrogens with two attached hydrogens (primary N) is 1. The Morgan fingerprint density at radius 1 is 1.38 bits per heavy atom. The van der Waals surface area contributed by atoms with E-state index in [1.807, 2.05) is 19.2 Å². The molecule has 2 N–H and O–H groups in total. The summed E-state index contributed by atoms with van der Waals surface area (Å²) in [5.41, 5.74) is 6.87. The fourth-order valence-electron chi connectivity index (χ4n) is 1.83. The van der Waals surface area contributed by atoms with Crippen molar-refractivity contribution in [1.82, 2.24) is 4.98 Å². The third kappa shape index (κ3) is 2.71. The van der Waals surface area contributed by atoms with E-state index in [2.05, 4.69) is 16.0 Å². The summed E-state index contributed by atoms with van der Waals surface area (Å²) in [6.07, 6.45) is 2.93. The van der Waals surface area contributed by atoms with Crippen LogP contribution in [0.2, 0.25) is 0 Å². The van der Waals surface area contributed by atoms with Crippen LogP contribution in [0.15, 0.2) is 18.3 Å². The van der Waals surface area contributed by atoms with Gasteiger partial charge in [0.05, 0.1) is 6.61 Å². The van der Waals surface area contributed by atoms with Crippen molar-refractivity contribution in [3.63, 3.8) is 0 Å². The number of rotatable bonds is 2. The van der Waals surface area contributed by atoms with Gasteiger partial charge in [-0.15, -0.1) is 0 Å². The van der Waals surface area contributed by atoms with E-state index in [0.717, 1.165) is 44.1 Å². The van der Waals surface area contributed by atoms with Gasteiger partial charge in [0.15, 0.2) is 0 Å². The molecule has 1 fully saturated rings. The first-order chi connectivity index (χ1) is 7.77. The Bertz CT molecular complexity index is 316. The van der Waals surface area contributed by atoms with Gasteiger partial charge in [-0.2, -0.15) is 0 Å². The quantitative estimate of drug-likeness (QED) is 0.818. The second-order valence-corrected chi connectivity index (χ2v) is 4.19. The molecule has 2 heterocycles. The summed E-state index contributed by atoms with van der Waals surface area (Å²) >= 11 is 0. The summed E-state index contributed by atoms with van der Waals surface area (Å²) in [5, 5.41) is 0. The molecule has 2 rings (SSSR count). The molecule has 0 aliphatic carbocycles. The molecule has 1 aliphatic rings. The first-order valence-corrected chi connectivity index (χ1v) is 5.81. The van der Waals surface area contributed by atoms with Crippen LogP contribution in [0, 0.1) is 0 Å². The van der Waals surface area contributed by atoms with Crippen LogP contribution in [0.4, 0.5) is 5.82 Å². The molecule has 1 aliphatic heterocycles. The highest BCUT2D eigenvalue weighted by molar-refractivity contribution is 5.39. The summed E-state index contributed by atoms with van der Waals surface area (Å²) in [6.45, 7) is 5.55. The summed E-state index contributed by atoms with van der Waals surface area (Å²) < 4.78 is 5.42. The minimum Gasteiger partial charge on any atom is -0.380 e. The minimum absolute atomic E-state index is 0.0500. The van der Waals surface area contributed by atoms with Crippen LogP contribution in [0.25, 0.3) is 0 Å². The molecule has 16 heavy (non-hydrogen) atoms. The molecule has 4 heteroatoms. The highest BCUT2D eigenvalue weighted by atomic mass is 16.5. The average molecular weight is 221 g/mol. The van der Waals surface area contributed by atoms with Crippen molar-refractivity contribution in [1.29, 1.82) is 0 Å². The zero-order valence-corrected chi connectivity index (χ0v) is 9.72. The maximum atomic E-state index is 5.79. The van der Waals surface area contributed by atoms with E-state index in [9.17, 15) is 0 Å². The van der Waals surface area contributed by atoms with E-state index < -0.39 is 0 Å². The molecule has 88 valence electrons. The standard InChI is InChI=1S/C12H19N3O/c1-10(13)11-3-4-12(14-9-11)15-5-2-7-16-8-6-15/h3-4,9-10H,2,5-8,13H2,1H3/t10-/m0/s1. The molecule has 0 spiro atoms. The molecule has 0 unspecified atom stereocenters. The van der Waals surface area contributed by atoms with Gasteiger partial charge in [0.2, 0.25) is 0 Å². The van der Waals surface area contributed by atoms with Crippen LogP contribution < -0.4 is 10.6 Å². The second kappa shape index (κ2) is 5.27. The van der Waals surface area contributed by atoms with Crippen LogP contribution in [0.3, 0.4) is 0 Å². The summed E-state index contributed by atoms with van der Waals surface area (Å²) in [4.78, 5) is 6.72. The van der Waals surface area contributed by atoms with Crippen LogP contribution in [-0.4, -0.2) is 31.3 Å². The molecule has 0 saturated carbocycles. The lowest BCUT2D eigenvalue weighted by Crippen LogP contribution is -2.26. The molecular weight excluding hydrogens is 202 g/mol. The highest BCUT2D eigenvalue weighted by Crippen LogP contribution is 2.15.